The van der Waals surface area contributed by atoms with Gasteiger partial charge in [0.2, 0.25) is 0 Å². The standard InChI is InChI=1S/C14H16FN3O/c15-9-1-4-11-12(7-9)18(10-2-3-10)14(17-11)13-8-16-5-6-19-13/h1,4,7,10,13,16H,2-3,5-6,8H2. The van der Waals surface area contributed by atoms with Crippen LogP contribution in [0.2, 0.25) is 0 Å². The Balaban J connectivity index is 1.86. The Morgan fingerprint density at radius 3 is 3.00 bits per heavy atom. The van der Waals surface area contributed by atoms with Crippen molar-refractivity contribution in [3.63, 3.8) is 0 Å². The number of hydrogen-bond donors (Lipinski definition) is 1. The molecule has 1 aromatic heterocycles. The van der Waals surface area contributed by atoms with E-state index in [1.165, 1.54) is 6.07 Å². The third-order valence-electron chi connectivity index (χ3n) is 3.81. The third-order valence-corrected chi connectivity index (χ3v) is 3.81. The number of ether oxygens (including phenoxy) is 1. The molecule has 5 heteroatoms. The van der Waals surface area contributed by atoms with E-state index in [-0.39, 0.29) is 11.9 Å². The van der Waals surface area contributed by atoms with Crippen molar-refractivity contribution in [1.29, 1.82) is 0 Å². The highest BCUT2D eigenvalue weighted by Gasteiger charge is 2.32. The van der Waals surface area contributed by atoms with Crippen LogP contribution < -0.4 is 5.32 Å². The van der Waals surface area contributed by atoms with Crippen LogP contribution in [0, 0.1) is 5.82 Å². The number of hydrogen-bond acceptors (Lipinski definition) is 3. The van der Waals surface area contributed by atoms with E-state index in [1.807, 2.05) is 0 Å². The summed E-state index contributed by atoms with van der Waals surface area (Å²) in [4.78, 5) is 4.67. The number of nitrogens with zero attached hydrogens (tertiary/aromatic N) is 2. The second-order valence-corrected chi connectivity index (χ2v) is 5.27. The van der Waals surface area contributed by atoms with Gasteiger partial charge in [-0.2, -0.15) is 0 Å². The minimum Gasteiger partial charge on any atom is -0.368 e. The smallest absolute Gasteiger partial charge is 0.140 e. The average Bonchev–Trinajstić information content (AvgIpc) is 3.21. The fraction of sp³-hybridized carbons (Fsp3) is 0.500. The molecule has 2 fully saturated rings. The molecule has 0 radical (unpaired) electrons. The summed E-state index contributed by atoms with van der Waals surface area (Å²) in [7, 11) is 0. The van der Waals surface area contributed by atoms with Crippen LogP contribution in [0.3, 0.4) is 0 Å². The fourth-order valence-corrected chi connectivity index (χ4v) is 2.76. The van der Waals surface area contributed by atoms with E-state index in [4.69, 9.17) is 4.74 Å². The van der Waals surface area contributed by atoms with E-state index in [1.54, 1.807) is 12.1 Å². The van der Waals surface area contributed by atoms with Crippen LogP contribution in [0.15, 0.2) is 18.2 Å². The van der Waals surface area contributed by atoms with Gasteiger partial charge in [0.1, 0.15) is 17.7 Å². The highest BCUT2D eigenvalue weighted by Crippen LogP contribution is 2.40. The molecular weight excluding hydrogens is 245 g/mol. The zero-order chi connectivity index (χ0) is 12.8. The van der Waals surface area contributed by atoms with Crippen LogP contribution in [0.5, 0.6) is 0 Å². The molecule has 1 aliphatic heterocycles. The highest BCUT2D eigenvalue weighted by atomic mass is 19.1. The number of fused-ring (bicyclic) bond motifs is 1. The summed E-state index contributed by atoms with van der Waals surface area (Å²) in [6.45, 7) is 2.36. The van der Waals surface area contributed by atoms with Crippen molar-refractivity contribution < 1.29 is 9.13 Å². The molecule has 2 aliphatic rings. The largest absolute Gasteiger partial charge is 0.368 e. The maximum atomic E-state index is 13.5. The molecule has 2 heterocycles. The molecule has 1 aromatic carbocycles. The highest BCUT2D eigenvalue weighted by molar-refractivity contribution is 5.76. The number of nitrogens with one attached hydrogen (secondary N) is 1. The molecule has 0 amide bonds. The van der Waals surface area contributed by atoms with Gasteiger partial charge in [-0.1, -0.05) is 0 Å². The van der Waals surface area contributed by atoms with Gasteiger partial charge in [-0.05, 0) is 31.0 Å². The van der Waals surface area contributed by atoms with E-state index in [2.05, 4.69) is 14.9 Å². The Kier molecular flexibility index (Phi) is 2.56. The van der Waals surface area contributed by atoms with Gasteiger partial charge in [-0.3, -0.25) is 0 Å². The van der Waals surface area contributed by atoms with Gasteiger partial charge in [-0.25, -0.2) is 9.37 Å². The minimum absolute atomic E-state index is 0.0233. The van der Waals surface area contributed by atoms with Crippen molar-refractivity contribution in [2.45, 2.75) is 25.0 Å². The van der Waals surface area contributed by atoms with E-state index < -0.39 is 0 Å². The summed E-state index contributed by atoms with van der Waals surface area (Å²) >= 11 is 0. The first-order valence-corrected chi connectivity index (χ1v) is 6.82. The lowest BCUT2D eigenvalue weighted by Crippen LogP contribution is -2.34. The molecule has 1 aliphatic carbocycles. The molecular formula is C14H16FN3O. The number of rotatable bonds is 2. The first kappa shape index (κ1) is 11.4. The van der Waals surface area contributed by atoms with Crippen molar-refractivity contribution in [2.24, 2.45) is 0 Å². The predicted molar refractivity (Wildman–Crippen MR) is 69.5 cm³/mol. The molecule has 1 atom stereocenters. The zero-order valence-corrected chi connectivity index (χ0v) is 10.6. The Morgan fingerprint density at radius 2 is 2.26 bits per heavy atom. The van der Waals surface area contributed by atoms with E-state index in [9.17, 15) is 4.39 Å². The maximum absolute atomic E-state index is 13.5. The maximum Gasteiger partial charge on any atom is 0.140 e. The van der Waals surface area contributed by atoms with Crippen LogP contribution >= 0.6 is 0 Å². The van der Waals surface area contributed by atoms with Gasteiger partial charge >= 0.3 is 0 Å². The average molecular weight is 261 g/mol. The Bertz CT molecular complexity index is 614. The van der Waals surface area contributed by atoms with E-state index in [0.29, 0.717) is 12.6 Å². The second kappa shape index (κ2) is 4.28. The van der Waals surface area contributed by atoms with Crippen molar-refractivity contribution in [3.8, 4) is 0 Å². The molecule has 4 rings (SSSR count). The Hall–Kier alpha value is -1.46. The van der Waals surface area contributed by atoms with Crippen LogP contribution in [0.25, 0.3) is 11.0 Å². The number of morpholine rings is 1. The zero-order valence-electron chi connectivity index (χ0n) is 10.6. The predicted octanol–water partition coefficient (Wildman–Crippen LogP) is 2.17. The number of halogens is 1. The first-order chi connectivity index (χ1) is 9.33. The summed E-state index contributed by atoms with van der Waals surface area (Å²) < 4.78 is 21.4. The lowest BCUT2D eigenvalue weighted by atomic mass is 10.3. The molecule has 0 spiro atoms. The molecule has 100 valence electrons. The van der Waals surface area contributed by atoms with Gasteiger partial charge < -0.3 is 14.6 Å². The van der Waals surface area contributed by atoms with Crippen molar-refractivity contribution in [1.82, 2.24) is 14.9 Å². The fourth-order valence-electron chi connectivity index (χ4n) is 2.76. The van der Waals surface area contributed by atoms with Crippen molar-refractivity contribution in [2.75, 3.05) is 19.7 Å². The van der Waals surface area contributed by atoms with E-state index in [0.717, 1.165) is 42.8 Å². The number of aromatic nitrogens is 2. The monoisotopic (exact) mass is 261 g/mol. The molecule has 1 N–H and O–H groups in total. The number of benzene rings is 1. The van der Waals surface area contributed by atoms with E-state index >= 15 is 0 Å². The van der Waals surface area contributed by atoms with Gasteiger partial charge in [0, 0.05) is 19.1 Å². The van der Waals surface area contributed by atoms with Crippen LogP contribution in [-0.2, 0) is 4.74 Å². The summed E-state index contributed by atoms with van der Waals surface area (Å²) in [5, 5.41) is 3.32. The van der Waals surface area contributed by atoms with Crippen molar-refractivity contribution >= 4 is 11.0 Å². The topological polar surface area (TPSA) is 39.1 Å². The van der Waals surface area contributed by atoms with Gasteiger partial charge in [0.05, 0.1) is 17.6 Å². The lowest BCUT2D eigenvalue weighted by molar-refractivity contribution is 0.0202. The van der Waals surface area contributed by atoms with Gasteiger partial charge in [0.25, 0.3) is 0 Å². The van der Waals surface area contributed by atoms with Crippen molar-refractivity contribution in [3.05, 3.63) is 29.8 Å². The number of imidazole rings is 1. The van der Waals surface area contributed by atoms with Crippen LogP contribution in [0.1, 0.15) is 30.8 Å². The minimum atomic E-state index is -0.205. The molecule has 4 nitrogen and oxygen atoms in total. The van der Waals surface area contributed by atoms with Crippen LogP contribution in [-0.4, -0.2) is 29.2 Å². The molecule has 19 heavy (non-hydrogen) atoms. The Morgan fingerprint density at radius 1 is 1.37 bits per heavy atom. The summed E-state index contributed by atoms with van der Waals surface area (Å²) in [6.07, 6.45) is 2.27. The summed E-state index contributed by atoms with van der Waals surface area (Å²) in [6, 6.07) is 5.27. The third kappa shape index (κ3) is 1.93. The van der Waals surface area contributed by atoms with Gasteiger partial charge in [0.15, 0.2) is 0 Å². The van der Waals surface area contributed by atoms with Crippen LogP contribution in [0.4, 0.5) is 4.39 Å². The molecule has 0 bridgehead atoms. The summed E-state index contributed by atoms with van der Waals surface area (Å²) in [5.74, 6) is 0.735. The Labute approximate surface area is 110 Å². The molecule has 2 aromatic rings. The lowest BCUT2D eigenvalue weighted by Gasteiger charge is -2.24. The second-order valence-electron chi connectivity index (χ2n) is 5.27. The summed E-state index contributed by atoms with van der Waals surface area (Å²) in [5.41, 5.74) is 1.75. The SMILES string of the molecule is Fc1ccc2nc(C3CNCCO3)n(C3CC3)c2c1. The van der Waals surface area contributed by atoms with Gasteiger partial charge in [-0.15, -0.1) is 0 Å². The molecule has 1 saturated heterocycles. The normalized spacial score (nSPS) is 23.9. The molecule has 1 unspecified atom stereocenters. The quantitative estimate of drug-likeness (QED) is 0.900. The first-order valence-electron chi connectivity index (χ1n) is 6.82. The molecule has 1 saturated carbocycles.